The van der Waals surface area contributed by atoms with E-state index in [-0.39, 0.29) is 16.2 Å². The van der Waals surface area contributed by atoms with E-state index in [4.69, 9.17) is 11.6 Å². The summed E-state index contributed by atoms with van der Waals surface area (Å²) in [5.41, 5.74) is 0.215. The molecule has 2 rings (SSSR count). The molecule has 0 spiro atoms. The quantitative estimate of drug-likeness (QED) is 0.657. The highest BCUT2D eigenvalue weighted by atomic mass is 35.5. The molecule has 68 valence electrons. The van der Waals surface area contributed by atoms with Gasteiger partial charge in [-0.15, -0.1) is 0 Å². The number of hydrogen-bond acceptors (Lipinski definition) is 3. The zero-order chi connectivity index (χ0) is 9.64. The van der Waals surface area contributed by atoms with Crippen molar-refractivity contribution in [3.63, 3.8) is 0 Å². The number of sulfone groups is 1. The summed E-state index contributed by atoms with van der Waals surface area (Å²) in [5, 5.41) is 0.379. The first-order valence-corrected chi connectivity index (χ1v) is 5.59. The second-order valence-electron chi connectivity index (χ2n) is 2.82. The molecule has 1 aromatic rings. The second-order valence-corrected chi connectivity index (χ2v) is 5.22. The fourth-order valence-corrected chi connectivity index (χ4v) is 2.93. The molecule has 1 aromatic carbocycles. The molecule has 1 aliphatic rings. The van der Waals surface area contributed by atoms with Crippen LogP contribution in [0.15, 0.2) is 23.1 Å². The van der Waals surface area contributed by atoms with E-state index in [1.165, 1.54) is 18.2 Å². The van der Waals surface area contributed by atoms with E-state index < -0.39 is 15.6 Å². The van der Waals surface area contributed by atoms with Crippen LogP contribution in [-0.2, 0) is 9.84 Å². The Bertz CT molecular complexity index is 490. The molecule has 0 aliphatic carbocycles. The van der Waals surface area contributed by atoms with Crippen LogP contribution in [-0.4, -0.2) is 20.0 Å². The molecule has 3 nitrogen and oxygen atoms in total. The molecule has 0 saturated heterocycles. The van der Waals surface area contributed by atoms with Gasteiger partial charge >= 0.3 is 0 Å². The Morgan fingerprint density at radius 2 is 2.00 bits per heavy atom. The van der Waals surface area contributed by atoms with E-state index in [1.807, 2.05) is 0 Å². The molecular formula is C8H5ClO3S. The molecular weight excluding hydrogens is 212 g/mol. The molecule has 0 bridgehead atoms. The van der Waals surface area contributed by atoms with Gasteiger partial charge in [0.15, 0.2) is 15.6 Å². The first kappa shape index (κ1) is 8.72. The van der Waals surface area contributed by atoms with Crippen molar-refractivity contribution in [3.05, 3.63) is 28.8 Å². The largest absolute Gasteiger partial charge is 0.293 e. The average molecular weight is 217 g/mol. The standard InChI is InChI=1S/C8H5ClO3S/c9-5-1-2-8-6(3-5)7(10)4-13(8,11)12/h1-3H,4H2. The molecule has 0 atom stereocenters. The number of carbonyl (C=O) groups excluding carboxylic acids is 1. The Balaban J connectivity index is 2.80. The second kappa shape index (κ2) is 2.56. The molecule has 0 saturated carbocycles. The zero-order valence-electron chi connectivity index (χ0n) is 6.45. The lowest BCUT2D eigenvalue weighted by molar-refractivity contribution is 0.102. The SMILES string of the molecule is O=C1CS(=O)(=O)c2ccc(Cl)cc21. The maximum atomic E-state index is 11.3. The van der Waals surface area contributed by atoms with Crippen molar-refractivity contribution in [2.24, 2.45) is 0 Å². The lowest BCUT2D eigenvalue weighted by Gasteiger charge is -1.95. The number of benzene rings is 1. The Morgan fingerprint density at radius 3 is 2.69 bits per heavy atom. The zero-order valence-corrected chi connectivity index (χ0v) is 8.02. The average Bonchev–Trinajstić information content (AvgIpc) is 2.22. The van der Waals surface area contributed by atoms with Gasteiger partial charge in [0.05, 0.1) is 4.90 Å². The van der Waals surface area contributed by atoms with E-state index in [2.05, 4.69) is 0 Å². The summed E-state index contributed by atoms with van der Waals surface area (Å²) in [6, 6.07) is 4.23. The van der Waals surface area contributed by atoms with Crippen molar-refractivity contribution in [1.82, 2.24) is 0 Å². The highest BCUT2D eigenvalue weighted by Crippen LogP contribution is 2.27. The fourth-order valence-electron chi connectivity index (χ4n) is 1.32. The summed E-state index contributed by atoms with van der Waals surface area (Å²) in [6.45, 7) is 0. The van der Waals surface area contributed by atoms with Gasteiger partial charge < -0.3 is 0 Å². The van der Waals surface area contributed by atoms with E-state index in [0.717, 1.165) is 0 Å². The summed E-state index contributed by atoms with van der Waals surface area (Å²) >= 11 is 5.63. The molecule has 5 heteroatoms. The molecule has 1 heterocycles. The van der Waals surface area contributed by atoms with Crippen LogP contribution in [0.4, 0.5) is 0 Å². The molecule has 1 aliphatic heterocycles. The first-order valence-electron chi connectivity index (χ1n) is 3.56. The van der Waals surface area contributed by atoms with E-state index >= 15 is 0 Å². The maximum Gasteiger partial charge on any atom is 0.186 e. The Labute approximate surface area is 80.2 Å². The first-order chi connectivity index (χ1) is 6.00. The van der Waals surface area contributed by atoms with Crippen LogP contribution in [0.25, 0.3) is 0 Å². The van der Waals surface area contributed by atoms with Crippen LogP contribution in [0.3, 0.4) is 0 Å². The van der Waals surface area contributed by atoms with Gasteiger partial charge in [0.2, 0.25) is 0 Å². The summed E-state index contributed by atoms with van der Waals surface area (Å²) in [5.74, 6) is -0.805. The minimum absolute atomic E-state index is 0.0990. The van der Waals surface area contributed by atoms with Crippen LogP contribution in [0, 0.1) is 0 Å². The summed E-state index contributed by atoms with van der Waals surface area (Å²) in [4.78, 5) is 11.3. The molecule has 0 radical (unpaired) electrons. The number of Topliss-reactive ketones (excluding diaryl/α,β-unsaturated/α-hetero) is 1. The minimum atomic E-state index is -3.38. The number of hydrogen-bond donors (Lipinski definition) is 0. The highest BCUT2D eigenvalue weighted by Gasteiger charge is 2.32. The predicted molar refractivity (Wildman–Crippen MR) is 47.8 cm³/mol. The van der Waals surface area contributed by atoms with Crippen LogP contribution in [0.2, 0.25) is 5.02 Å². The van der Waals surface area contributed by atoms with Gasteiger partial charge in [0.25, 0.3) is 0 Å². The molecule has 0 aromatic heterocycles. The number of halogens is 1. The van der Waals surface area contributed by atoms with E-state index in [1.54, 1.807) is 0 Å². The molecule has 0 amide bonds. The van der Waals surface area contributed by atoms with Gasteiger partial charge in [-0.3, -0.25) is 4.79 Å². The smallest absolute Gasteiger partial charge is 0.186 e. The van der Waals surface area contributed by atoms with Crippen LogP contribution in [0.1, 0.15) is 10.4 Å². The topological polar surface area (TPSA) is 51.2 Å². The van der Waals surface area contributed by atoms with Gasteiger partial charge in [0.1, 0.15) is 5.75 Å². The Kier molecular flexibility index (Phi) is 1.72. The molecule has 0 unspecified atom stereocenters. The fraction of sp³-hybridized carbons (Fsp3) is 0.125. The summed E-state index contributed by atoms with van der Waals surface area (Å²) < 4.78 is 22.6. The van der Waals surface area contributed by atoms with E-state index in [9.17, 15) is 13.2 Å². The predicted octanol–water partition coefficient (Wildman–Crippen LogP) is 1.31. The molecule has 0 fully saturated rings. The van der Waals surface area contributed by atoms with Crippen LogP contribution >= 0.6 is 11.6 Å². The van der Waals surface area contributed by atoms with Crippen molar-refractivity contribution in [2.75, 3.05) is 5.75 Å². The van der Waals surface area contributed by atoms with Gasteiger partial charge in [-0.1, -0.05) is 11.6 Å². The number of rotatable bonds is 0. The van der Waals surface area contributed by atoms with Crippen molar-refractivity contribution in [2.45, 2.75) is 4.90 Å². The van der Waals surface area contributed by atoms with Gasteiger partial charge in [-0.2, -0.15) is 0 Å². The van der Waals surface area contributed by atoms with Crippen molar-refractivity contribution < 1.29 is 13.2 Å². The van der Waals surface area contributed by atoms with Gasteiger partial charge in [-0.25, -0.2) is 8.42 Å². The third-order valence-corrected chi connectivity index (χ3v) is 3.80. The molecule has 13 heavy (non-hydrogen) atoms. The third-order valence-electron chi connectivity index (χ3n) is 1.90. The van der Waals surface area contributed by atoms with Crippen LogP contribution < -0.4 is 0 Å². The van der Waals surface area contributed by atoms with Crippen molar-refractivity contribution in [3.8, 4) is 0 Å². The van der Waals surface area contributed by atoms with Gasteiger partial charge in [0, 0.05) is 10.6 Å². The number of fused-ring (bicyclic) bond motifs is 1. The monoisotopic (exact) mass is 216 g/mol. The Hall–Kier alpha value is -0.870. The van der Waals surface area contributed by atoms with Crippen LogP contribution in [0.5, 0.6) is 0 Å². The lowest BCUT2D eigenvalue weighted by Crippen LogP contribution is -2.03. The Morgan fingerprint density at radius 1 is 1.31 bits per heavy atom. The normalized spacial score (nSPS) is 18.7. The van der Waals surface area contributed by atoms with Crippen molar-refractivity contribution in [1.29, 1.82) is 0 Å². The molecule has 0 N–H and O–H groups in total. The summed E-state index contributed by atoms with van der Waals surface area (Å²) in [7, 11) is -3.38. The van der Waals surface area contributed by atoms with E-state index in [0.29, 0.717) is 5.02 Å². The van der Waals surface area contributed by atoms with Crippen molar-refractivity contribution >= 4 is 27.2 Å². The minimum Gasteiger partial charge on any atom is -0.293 e. The number of ketones is 1. The van der Waals surface area contributed by atoms with Gasteiger partial charge in [-0.05, 0) is 18.2 Å². The highest BCUT2D eigenvalue weighted by molar-refractivity contribution is 7.92. The summed E-state index contributed by atoms with van der Waals surface area (Å²) in [6.07, 6.45) is 0. The maximum absolute atomic E-state index is 11.3. The number of carbonyl (C=O) groups is 1. The third kappa shape index (κ3) is 1.26. The lowest BCUT2D eigenvalue weighted by atomic mass is 10.2.